The molecule has 6 heteroatoms. The largest absolute Gasteiger partial charge is 0.480 e. The molecule has 5 nitrogen and oxygen atoms in total. The molecule has 0 amide bonds. The summed E-state index contributed by atoms with van der Waals surface area (Å²) in [6.07, 6.45) is 0. The molecule has 2 rings (SSSR count). The molecular weight excluding hydrogens is 304 g/mol. The molecule has 1 heterocycles. The summed E-state index contributed by atoms with van der Waals surface area (Å²) in [6.45, 7) is 1.99. The first-order chi connectivity index (χ1) is 10.5. The van der Waals surface area contributed by atoms with Gasteiger partial charge >= 0.3 is 5.97 Å². The summed E-state index contributed by atoms with van der Waals surface area (Å²) in [7, 11) is 2.77. The van der Waals surface area contributed by atoms with Crippen molar-refractivity contribution in [1.82, 2.24) is 4.98 Å². The fourth-order valence-corrected chi connectivity index (χ4v) is 2.22. The van der Waals surface area contributed by atoms with E-state index in [0.29, 0.717) is 10.8 Å². The molecule has 0 aliphatic heterocycles. The van der Waals surface area contributed by atoms with E-state index < -0.39 is 5.97 Å². The first kappa shape index (κ1) is 16.1. The highest BCUT2D eigenvalue weighted by atomic mass is 35.5. The second-order valence-electron chi connectivity index (χ2n) is 4.67. The molecule has 1 unspecified atom stereocenters. The van der Waals surface area contributed by atoms with Gasteiger partial charge in [0.2, 0.25) is 5.88 Å². The van der Waals surface area contributed by atoms with Crippen molar-refractivity contribution in [2.24, 2.45) is 0 Å². The summed E-state index contributed by atoms with van der Waals surface area (Å²) in [4.78, 5) is 15.9. The van der Waals surface area contributed by atoms with Gasteiger partial charge in [0.05, 0.1) is 14.2 Å². The number of aromatic nitrogens is 1. The predicted octanol–water partition coefficient (Wildman–Crippen LogP) is 3.70. The Balaban J connectivity index is 2.21. The van der Waals surface area contributed by atoms with Crippen molar-refractivity contribution in [3.05, 3.63) is 52.5 Å². The molecular formula is C16H17ClN2O3. The van der Waals surface area contributed by atoms with Gasteiger partial charge in [0.15, 0.2) is 0 Å². The van der Waals surface area contributed by atoms with E-state index >= 15 is 0 Å². The molecule has 0 saturated carbocycles. The molecule has 2 aromatic rings. The quantitative estimate of drug-likeness (QED) is 0.851. The van der Waals surface area contributed by atoms with Crippen molar-refractivity contribution >= 4 is 23.4 Å². The van der Waals surface area contributed by atoms with Crippen LogP contribution in [0.15, 0.2) is 36.4 Å². The lowest BCUT2D eigenvalue weighted by Gasteiger charge is -2.16. The highest BCUT2D eigenvalue weighted by Crippen LogP contribution is 2.24. The molecule has 116 valence electrons. The second kappa shape index (κ2) is 7.13. The lowest BCUT2D eigenvalue weighted by molar-refractivity contribution is 0.0596. The highest BCUT2D eigenvalue weighted by molar-refractivity contribution is 6.30. The number of methoxy groups -OCH3 is 2. The molecule has 1 aromatic heterocycles. The van der Waals surface area contributed by atoms with Gasteiger partial charge in [-0.1, -0.05) is 23.7 Å². The van der Waals surface area contributed by atoms with E-state index in [0.717, 1.165) is 5.56 Å². The number of nitrogens with zero attached hydrogens (tertiary/aromatic N) is 1. The van der Waals surface area contributed by atoms with Crippen molar-refractivity contribution in [2.75, 3.05) is 19.5 Å². The summed E-state index contributed by atoms with van der Waals surface area (Å²) in [6, 6.07) is 10.9. The Morgan fingerprint density at radius 3 is 2.68 bits per heavy atom. The summed E-state index contributed by atoms with van der Waals surface area (Å²) in [5.74, 6) is 0.325. The SMILES string of the molecule is COC(=O)c1ccc(NC(C)c2cccc(Cl)c2)nc1OC. The standard InChI is InChI=1S/C16H17ClN2O3/c1-10(11-5-4-6-12(17)9-11)18-14-8-7-13(16(20)22-3)15(19-14)21-2/h4-10H,1-3H3,(H,18,19). The van der Waals surface area contributed by atoms with Gasteiger partial charge in [-0.05, 0) is 36.8 Å². The number of carbonyl (C=O) groups excluding carboxylic acids is 1. The number of pyridine rings is 1. The van der Waals surface area contributed by atoms with E-state index in [1.807, 2.05) is 31.2 Å². The van der Waals surface area contributed by atoms with Crippen molar-refractivity contribution in [1.29, 1.82) is 0 Å². The predicted molar refractivity (Wildman–Crippen MR) is 85.6 cm³/mol. The molecule has 0 aliphatic carbocycles. The molecule has 1 atom stereocenters. The summed E-state index contributed by atoms with van der Waals surface area (Å²) < 4.78 is 9.83. The molecule has 1 N–H and O–H groups in total. The number of halogens is 1. The van der Waals surface area contributed by atoms with Gasteiger partial charge in [-0.3, -0.25) is 0 Å². The zero-order valence-electron chi connectivity index (χ0n) is 12.6. The van der Waals surface area contributed by atoms with Crippen LogP contribution in [0.3, 0.4) is 0 Å². The Bertz CT molecular complexity index is 676. The molecule has 0 fully saturated rings. The summed E-state index contributed by atoms with van der Waals surface area (Å²) in [5.41, 5.74) is 1.32. The van der Waals surface area contributed by atoms with E-state index in [9.17, 15) is 4.79 Å². The molecule has 0 radical (unpaired) electrons. The van der Waals surface area contributed by atoms with Crippen molar-refractivity contribution in [3.8, 4) is 5.88 Å². The monoisotopic (exact) mass is 320 g/mol. The van der Waals surface area contributed by atoms with Gasteiger partial charge in [0.25, 0.3) is 0 Å². The maximum absolute atomic E-state index is 11.6. The maximum Gasteiger partial charge on any atom is 0.343 e. The van der Waals surface area contributed by atoms with Crippen molar-refractivity contribution in [3.63, 3.8) is 0 Å². The van der Waals surface area contributed by atoms with Gasteiger partial charge in [-0.2, -0.15) is 4.98 Å². The number of esters is 1. The Labute approximate surface area is 134 Å². The molecule has 1 aromatic carbocycles. The van der Waals surface area contributed by atoms with E-state index in [2.05, 4.69) is 15.0 Å². The third-order valence-electron chi connectivity index (χ3n) is 3.17. The lowest BCUT2D eigenvalue weighted by Crippen LogP contribution is -2.10. The third-order valence-corrected chi connectivity index (χ3v) is 3.41. The van der Waals surface area contributed by atoms with Gasteiger partial charge in [0.1, 0.15) is 11.4 Å². The topological polar surface area (TPSA) is 60.5 Å². The van der Waals surface area contributed by atoms with Crippen LogP contribution in [-0.4, -0.2) is 25.2 Å². The summed E-state index contributed by atoms with van der Waals surface area (Å²) >= 11 is 6.00. The van der Waals surface area contributed by atoms with Crippen LogP contribution < -0.4 is 10.1 Å². The van der Waals surface area contributed by atoms with E-state index in [1.165, 1.54) is 14.2 Å². The Hall–Kier alpha value is -2.27. The highest BCUT2D eigenvalue weighted by Gasteiger charge is 2.15. The Morgan fingerprint density at radius 2 is 2.05 bits per heavy atom. The van der Waals surface area contributed by atoms with E-state index in [4.69, 9.17) is 16.3 Å². The molecule has 0 bridgehead atoms. The average molecular weight is 321 g/mol. The Morgan fingerprint density at radius 1 is 1.27 bits per heavy atom. The number of anilines is 1. The van der Waals surface area contributed by atoms with Crippen LogP contribution in [0, 0.1) is 0 Å². The first-order valence-electron chi connectivity index (χ1n) is 6.70. The normalized spacial score (nSPS) is 11.6. The number of carbonyl (C=O) groups is 1. The fraction of sp³-hybridized carbons (Fsp3) is 0.250. The molecule has 0 spiro atoms. The second-order valence-corrected chi connectivity index (χ2v) is 5.10. The van der Waals surface area contributed by atoms with Crippen LogP contribution in [0.4, 0.5) is 5.82 Å². The van der Waals surface area contributed by atoms with Crippen LogP contribution in [0.5, 0.6) is 5.88 Å². The number of nitrogens with one attached hydrogen (secondary N) is 1. The number of ether oxygens (including phenoxy) is 2. The number of rotatable bonds is 5. The van der Waals surface area contributed by atoms with Crippen LogP contribution in [0.2, 0.25) is 5.02 Å². The number of hydrogen-bond acceptors (Lipinski definition) is 5. The minimum absolute atomic E-state index is 0.000109. The smallest absolute Gasteiger partial charge is 0.343 e. The van der Waals surface area contributed by atoms with Crippen LogP contribution in [-0.2, 0) is 4.74 Å². The van der Waals surface area contributed by atoms with Gasteiger partial charge in [0, 0.05) is 11.1 Å². The van der Waals surface area contributed by atoms with Crippen LogP contribution in [0.1, 0.15) is 28.9 Å². The van der Waals surface area contributed by atoms with E-state index in [-0.39, 0.29) is 17.5 Å². The van der Waals surface area contributed by atoms with E-state index in [1.54, 1.807) is 12.1 Å². The Kier molecular flexibility index (Phi) is 5.22. The first-order valence-corrected chi connectivity index (χ1v) is 7.08. The minimum Gasteiger partial charge on any atom is -0.480 e. The third kappa shape index (κ3) is 3.68. The molecule has 22 heavy (non-hydrogen) atoms. The minimum atomic E-state index is -0.487. The zero-order chi connectivity index (χ0) is 16.1. The average Bonchev–Trinajstić information content (AvgIpc) is 2.54. The lowest BCUT2D eigenvalue weighted by atomic mass is 10.1. The van der Waals surface area contributed by atoms with Gasteiger partial charge in [-0.25, -0.2) is 4.79 Å². The van der Waals surface area contributed by atoms with Gasteiger partial charge < -0.3 is 14.8 Å². The molecule has 0 saturated heterocycles. The maximum atomic E-state index is 11.6. The number of hydrogen-bond donors (Lipinski definition) is 1. The fourth-order valence-electron chi connectivity index (χ4n) is 2.02. The van der Waals surface area contributed by atoms with Crippen molar-refractivity contribution < 1.29 is 14.3 Å². The zero-order valence-corrected chi connectivity index (χ0v) is 13.3. The van der Waals surface area contributed by atoms with Crippen molar-refractivity contribution in [2.45, 2.75) is 13.0 Å². The number of benzene rings is 1. The van der Waals surface area contributed by atoms with Gasteiger partial charge in [-0.15, -0.1) is 0 Å². The molecule has 0 aliphatic rings. The van der Waals surface area contributed by atoms with Crippen LogP contribution in [0.25, 0.3) is 0 Å². The summed E-state index contributed by atoms with van der Waals surface area (Å²) in [5, 5.41) is 3.92. The van der Waals surface area contributed by atoms with Crippen LogP contribution >= 0.6 is 11.6 Å².